The molecule has 20 heavy (non-hydrogen) atoms. The molecule has 0 saturated carbocycles. The molecule has 1 aliphatic heterocycles. The van der Waals surface area contributed by atoms with Crippen LogP contribution >= 0.6 is 0 Å². The molecule has 1 atom stereocenters. The highest BCUT2D eigenvalue weighted by Crippen LogP contribution is 2.22. The summed E-state index contributed by atoms with van der Waals surface area (Å²) in [5.41, 5.74) is 1.32. The summed E-state index contributed by atoms with van der Waals surface area (Å²) in [4.78, 5) is 18.1. The predicted molar refractivity (Wildman–Crippen MR) is 76.1 cm³/mol. The lowest BCUT2D eigenvalue weighted by Crippen LogP contribution is -2.31. The van der Waals surface area contributed by atoms with E-state index in [0.29, 0.717) is 11.4 Å². The number of anilines is 1. The molecular weight excluding hydrogens is 252 g/mol. The van der Waals surface area contributed by atoms with Crippen molar-refractivity contribution in [2.75, 3.05) is 18.9 Å². The van der Waals surface area contributed by atoms with E-state index < -0.39 is 0 Å². The van der Waals surface area contributed by atoms with Crippen LogP contribution in [0.15, 0.2) is 30.3 Å². The highest BCUT2D eigenvalue weighted by molar-refractivity contribution is 5.89. The second-order valence-corrected chi connectivity index (χ2v) is 4.93. The Morgan fingerprint density at radius 2 is 2.25 bits per heavy atom. The van der Waals surface area contributed by atoms with Crippen molar-refractivity contribution < 1.29 is 4.79 Å². The number of rotatable bonds is 2. The van der Waals surface area contributed by atoms with Gasteiger partial charge in [-0.3, -0.25) is 4.79 Å². The van der Waals surface area contributed by atoms with Crippen LogP contribution in [0.5, 0.6) is 0 Å². The van der Waals surface area contributed by atoms with E-state index >= 15 is 0 Å². The lowest BCUT2D eigenvalue weighted by Gasteiger charge is -2.13. The molecule has 1 fully saturated rings. The molecule has 5 nitrogen and oxygen atoms in total. The van der Waals surface area contributed by atoms with Gasteiger partial charge in [0.2, 0.25) is 5.91 Å². The molecule has 0 spiro atoms. The maximum atomic E-state index is 11.9. The second-order valence-electron chi connectivity index (χ2n) is 4.93. The Kier molecular flexibility index (Phi) is 2.99. The molecule has 2 heterocycles. The number of hydrogen-bond acceptors (Lipinski definition) is 4. The number of nitrogens with zero attached hydrogens (tertiary/aromatic N) is 3. The van der Waals surface area contributed by atoms with Gasteiger partial charge >= 0.3 is 0 Å². The molecule has 1 aliphatic rings. The minimum atomic E-state index is -0.250. The largest absolute Gasteiger partial charge is 0.358 e. The molecule has 1 saturated heterocycles. The normalized spacial score (nSPS) is 18.3. The monoisotopic (exact) mass is 266 g/mol. The van der Waals surface area contributed by atoms with Crippen molar-refractivity contribution in [3.8, 4) is 6.07 Å². The number of nitriles is 1. The minimum Gasteiger partial charge on any atom is -0.358 e. The van der Waals surface area contributed by atoms with Gasteiger partial charge in [-0.25, -0.2) is 4.98 Å². The Morgan fingerprint density at radius 1 is 1.45 bits per heavy atom. The average molecular weight is 266 g/mol. The fraction of sp³-hybridized carbons (Fsp3) is 0.267. The lowest BCUT2D eigenvalue weighted by molar-refractivity contribution is -0.127. The zero-order valence-corrected chi connectivity index (χ0v) is 11.1. The number of pyridine rings is 1. The molecule has 100 valence electrons. The van der Waals surface area contributed by atoms with E-state index in [2.05, 4.69) is 16.4 Å². The van der Waals surface area contributed by atoms with Gasteiger partial charge in [-0.2, -0.15) is 5.26 Å². The van der Waals surface area contributed by atoms with Crippen molar-refractivity contribution in [2.24, 2.45) is 0 Å². The summed E-state index contributed by atoms with van der Waals surface area (Å²) in [6, 6.07) is 11.1. The van der Waals surface area contributed by atoms with Crippen LogP contribution in [0.1, 0.15) is 12.0 Å². The van der Waals surface area contributed by atoms with Crippen molar-refractivity contribution in [3.63, 3.8) is 0 Å². The fourth-order valence-corrected chi connectivity index (χ4v) is 2.48. The second kappa shape index (κ2) is 4.82. The maximum absolute atomic E-state index is 11.9. The highest BCUT2D eigenvalue weighted by atomic mass is 16.2. The third kappa shape index (κ3) is 2.05. The number of likely N-dealkylation sites (N-methyl/N-ethyl adjacent to an activating group) is 1. The Balaban J connectivity index is 1.97. The van der Waals surface area contributed by atoms with Crippen LogP contribution in [0.4, 0.5) is 5.82 Å². The number of aromatic nitrogens is 1. The first-order valence-electron chi connectivity index (χ1n) is 6.50. The van der Waals surface area contributed by atoms with Gasteiger partial charge in [-0.15, -0.1) is 0 Å². The Morgan fingerprint density at radius 3 is 2.95 bits per heavy atom. The Labute approximate surface area is 116 Å². The third-order valence-corrected chi connectivity index (χ3v) is 3.59. The summed E-state index contributed by atoms with van der Waals surface area (Å²) in [7, 11) is 1.79. The van der Waals surface area contributed by atoms with E-state index in [4.69, 9.17) is 0 Å². The van der Waals surface area contributed by atoms with Gasteiger partial charge in [-0.1, -0.05) is 18.2 Å². The number of carbonyl (C=O) groups excluding carboxylic acids is 1. The number of carbonyl (C=O) groups is 1. The minimum absolute atomic E-state index is 0.0680. The molecule has 3 rings (SSSR count). The fourth-order valence-electron chi connectivity index (χ4n) is 2.48. The zero-order valence-electron chi connectivity index (χ0n) is 11.1. The SMILES string of the molecule is CN1CCC(Nc2cc(C#N)c3ccccc3n2)C1=O. The number of para-hydroxylation sites is 1. The molecule has 2 aromatic rings. The zero-order chi connectivity index (χ0) is 14.1. The van der Waals surface area contributed by atoms with E-state index in [1.165, 1.54) is 0 Å². The van der Waals surface area contributed by atoms with Crippen LogP contribution in [0.3, 0.4) is 0 Å². The van der Waals surface area contributed by atoms with Gasteiger partial charge < -0.3 is 10.2 Å². The lowest BCUT2D eigenvalue weighted by atomic mass is 10.1. The van der Waals surface area contributed by atoms with Crippen molar-refractivity contribution in [1.82, 2.24) is 9.88 Å². The number of amides is 1. The molecule has 1 amide bonds. The standard InChI is InChI=1S/C15H14N4O/c1-19-7-6-13(15(19)20)18-14-8-10(9-16)11-4-2-3-5-12(11)17-14/h2-5,8,13H,6-7H2,1H3,(H,17,18). The Hall–Kier alpha value is -2.61. The first-order chi connectivity index (χ1) is 9.69. The first kappa shape index (κ1) is 12.4. The number of fused-ring (bicyclic) bond motifs is 1. The van der Waals surface area contributed by atoms with Crippen LogP contribution in [-0.2, 0) is 4.79 Å². The molecule has 1 aromatic heterocycles. The summed E-state index contributed by atoms with van der Waals surface area (Å²) in [5.74, 6) is 0.646. The molecule has 0 radical (unpaired) electrons. The number of benzene rings is 1. The van der Waals surface area contributed by atoms with Gasteiger partial charge in [0.05, 0.1) is 17.1 Å². The smallest absolute Gasteiger partial charge is 0.244 e. The quantitative estimate of drug-likeness (QED) is 0.899. The Bertz CT molecular complexity index is 719. The van der Waals surface area contributed by atoms with Crippen LogP contribution < -0.4 is 5.32 Å². The van der Waals surface area contributed by atoms with E-state index in [0.717, 1.165) is 23.9 Å². The molecule has 0 bridgehead atoms. The van der Waals surface area contributed by atoms with Crippen LogP contribution in [0, 0.1) is 11.3 Å². The maximum Gasteiger partial charge on any atom is 0.244 e. The van der Waals surface area contributed by atoms with Gasteiger partial charge in [0.25, 0.3) is 0 Å². The van der Waals surface area contributed by atoms with Crippen molar-refractivity contribution in [3.05, 3.63) is 35.9 Å². The summed E-state index contributed by atoms with van der Waals surface area (Å²) in [6.45, 7) is 0.745. The van der Waals surface area contributed by atoms with E-state index in [1.807, 2.05) is 24.3 Å². The van der Waals surface area contributed by atoms with E-state index in [9.17, 15) is 10.1 Å². The van der Waals surface area contributed by atoms with Gasteiger partial charge in [0.15, 0.2) is 0 Å². The van der Waals surface area contributed by atoms with Gasteiger partial charge in [0.1, 0.15) is 11.9 Å². The van der Waals surface area contributed by atoms with Crippen LogP contribution in [-0.4, -0.2) is 35.4 Å². The molecule has 1 aromatic carbocycles. The summed E-state index contributed by atoms with van der Waals surface area (Å²) in [6.07, 6.45) is 0.756. The highest BCUT2D eigenvalue weighted by Gasteiger charge is 2.29. The summed E-state index contributed by atoms with van der Waals surface area (Å²) >= 11 is 0. The number of hydrogen-bond donors (Lipinski definition) is 1. The van der Waals surface area contributed by atoms with Gasteiger partial charge in [0, 0.05) is 19.0 Å². The number of nitrogens with one attached hydrogen (secondary N) is 1. The topological polar surface area (TPSA) is 69.0 Å². The van der Waals surface area contributed by atoms with Crippen molar-refractivity contribution >= 4 is 22.6 Å². The molecule has 1 N–H and O–H groups in total. The molecule has 0 aliphatic carbocycles. The third-order valence-electron chi connectivity index (χ3n) is 3.59. The van der Waals surface area contributed by atoms with E-state index in [1.54, 1.807) is 18.0 Å². The predicted octanol–water partition coefficient (Wildman–Crippen LogP) is 1.75. The summed E-state index contributed by atoms with van der Waals surface area (Å²) < 4.78 is 0. The average Bonchev–Trinajstić information content (AvgIpc) is 2.78. The van der Waals surface area contributed by atoms with Crippen molar-refractivity contribution in [1.29, 1.82) is 5.26 Å². The molecular formula is C15H14N4O. The van der Waals surface area contributed by atoms with Crippen LogP contribution in [0.25, 0.3) is 10.9 Å². The first-order valence-corrected chi connectivity index (χ1v) is 6.50. The molecule has 1 unspecified atom stereocenters. The summed E-state index contributed by atoms with van der Waals surface area (Å²) in [5, 5.41) is 13.2. The van der Waals surface area contributed by atoms with Gasteiger partial charge in [-0.05, 0) is 18.6 Å². The van der Waals surface area contributed by atoms with E-state index in [-0.39, 0.29) is 11.9 Å². The van der Waals surface area contributed by atoms with Crippen LogP contribution in [0.2, 0.25) is 0 Å². The molecule has 5 heteroatoms. The number of likely N-dealkylation sites (tertiary alicyclic amines) is 1. The van der Waals surface area contributed by atoms with Crippen molar-refractivity contribution in [2.45, 2.75) is 12.5 Å².